The molecule has 0 saturated heterocycles. The molecule has 22 heavy (non-hydrogen) atoms. The van der Waals surface area contributed by atoms with E-state index >= 15 is 0 Å². The first-order valence-corrected chi connectivity index (χ1v) is 7.53. The summed E-state index contributed by atoms with van der Waals surface area (Å²) in [4.78, 5) is 18.0. The normalized spacial score (nSPS) is 10.7. The van der Waals surface area contributed by atoms with E-state index in [9.17, 15) is 4.79 Å². The lowest BCUT2D eigenvalue weighted by molar-refractivity contribution is -0.113. The summed E-state index contributed by atoms with van der Waals surface area (Å²) < 4.78 is 10.5. The van der Waals surface area contributed by atoms with Crippen LogP contribution in [0.25, 0.3) is 6.08 Å². The van der Waals surface area contributed by atoms with Crippen molar-refractivity contribution in [3.05, 3.63) is 40.9 Å². The van der Waals surface area contributed by atoms with E-state index in [0.29, 0.717) is 16.6 Å². The van der Waals surface area contributed by atoms with Crippen molar-refractivity contribution in [3.63, 3.8) is 0 Å². The molecule has 0 aliphatic carbocycles. The third-order valence-corrected chi connectivity index (χ3v) is 4.10. The second kappa shape index (κ2) is 7.09. The van der Waals surface area contributed by atoms with Gasteiger partial charge in [-0.05, 0) is 31.2 Å². The van der Waals surface area contributed by atoms with Crippen LogP contribution in [0.4, 0.5) is 5.13 Å². The molecule has 5 nitrogen and oxygen atoms in total. The van der Waals surface area contributed by atoms with E-state index in [1.165, 1.54) is 22.3 Å². The number of likely N-dealkylation sites (N-methyl/N-ethyl adjacent to an activating group) is 1. The van der Waals surface area contributed by atoms with E-state index in [1.54, 1.807) is 33.4 Å². The van der Waals surface area contributed by atoms with E-state index in [-0.39, 0.29) is 5.91 Å². The van der Waals surface area contributed by atoms with Gasteiger partial charge in [0.2, 0.25) is 0 Å². The van der Waals surface area contributed by atoms with E-state index in [4.69, 9.17) is 9.47 Å². The number of ether oxygens (including phenoxy) is 2. The van der Waals surface area contributed by atoms with Crippen LogP contribution in [0.3, 0.4) is 0 Å². The van der Waals surface area contributed by atoms with Crippen LogP contribution in [0.15, 0.2) is 29.7 Å². The van der Waals surface area contributed by atoms with Gasteiger partial charge >= 0.3 is 0 Å². The van der Waals surface area contributed by atoms with Crippen molar-refractivity contribution >= 4 is 28.5 Å². The number of carbonyl (C=O) groups is 1. The average Bonchev–Trinajstić information content (AvgIpc) is 2.97. The first-order valence-electron chi connectivity index (χ1n) is 6.65. The Balaban J connectivity index is 2.18. The smallest absolute Gasteiger partial charge is 0.252 e. The number of benzene rings is 1. The van der Waals surface area contributed by atoms with Crippen molar-refractivity contribution in [3.8, 4) is 11.5 Å². The topological polar surface area (TPSA) is 51.7 Å². The molecule has 2 aromatic rings. The number of hydrogen-bond donors (Lipinski definition) is 0. The van der Waals surface area contributed by atoms with Crippen molar-refractivity contribution in [2.24, 2.45) is 0 Å². The van der Waals surface area contributed by atoms with Gasteiger partial charge in [-0.15, -0.1) is 11.3 Å². The maximum absolute atomic E-state index is 12.2. The fourth-order valence-electron chi connectivity index (χ4n) is 1.83. The Morgan fingerprint density at radius 1 is 1.32 bits per heavy atom. The maximum Gasteiger partial charge on any atom is 0.252 e. The molecule has 2 rings (SSSR count). The SMILES string of the molecule is COc1ccc(OC)c(C=CC(=O)N(C)c2nc(C)cs2)c1. The van der Waals surface area contributed by atoms with Gasteiger partial charge in [0.15, 0.2) is 5.13 Å². The average molecular weight is 318 g/mol. The number of amides is 1. The molecule has 1 aromatic carbocycles. The number of methoxy groups -OCH3 is 2. The maximum atomic E-state index is 12.2. The van der Waals surface area contributed by atoms with E-state index in [2.05, 4.69) is 4.98 Å². The lowest BCUT2D eigenvalue weighted by Gasteiger charge is -2.11. The van der Waals surface area contributed by atoms with Gasteiger partial charge in [-0.2, -0.15) is 0 Å². The number of aryl methyl sites for hydroxylation is 1. The van der Waals surface area contributed by atoms with Crippen LogP contribution >= 0.6 is 11.3 Å². The van der Waals surface area contributed by atoms with Gasteiger partial charge in [0.05, 0.1) is 19.9 Å². The van der Waals surface area contributed by atoms with Crippen molar-refractivity contribution in [1.29, 1.82) is 0 Å². The molecular formula is C16H18N2O3S. The highest BCUT2D eigenvalue weighted by Crippen LogP contribution is 2.25. The zero-order valence-corrected chi connectivity index (χ0v) is 13.8. The predicted molar refractivity (Wildman–Crippen MR) is 88.8 cm³/mol. The van der Waals surface area contributed by atoms with E-state index < -0.39 is 0 Å². The predicted octanol–water partition coefficient (Wildman–Crippen LogP) is 3.14. The largest absolute Gasteiger partial charge is 0.497 e. The number of hydrogen-bond acceptors (Lipinski definition) is 5. The molecule has 0 atom stereocenters. The van der Waals surface area contributed by atoms with Crippen LogP contribution in [-0.4, -0.2) is 32.2 Å². The molecule has 0 aliphatic rings. The lowest BCUT2D eigenvalue weighted by Crippen LogP contribution is -2.23. The van der Waals surface area contributed by atoms with Gasteiger partial charge in [0.25, 0.3) is 5.91 Å². The highest BCUT2D eigenvalue weighted by molar-refractivity contribution is 7.14. The summed E-state index contributed by atoms with van der Waals surface area (Å²) in [5.74, 6) is 1.23. The third-order valence-electron chi connectivity index (χ3n) is 3.07. The number of anilines is 1. The van der Waals surface area contributed by atoms with Crippen LogP contribution in [0.5, 0.6) is 11.5 Å². The Morgan fingerprint density at radius 2 is 2.09 bits per heavy atom. The van der Waals surface area contributed by atoms with Gasteiger partial charge in [0.1, 0.15) is 11.5 Å². The molecule has 1 heterocycles. The van der Waals surface area contributed by atoms with Crippen molar-refractivity contribution in [1.82, 2.24) is 4.98 Å². The Labute approximate surface area is 133 Å². The summed E-state index contributed by atoms with van der Waals surface area (Å²) >= 11 is 1.44. The molecule has 0 aliphatic heterocycles. The Bertz CT molecular complexity index is 694. The van der Waals surface area contributed by atoms with Crippen LogP contribution in [0.2, 0.25) is 0 Å². The molecule has 6 heteroatoms. The molecular weight excluding hydrogens is 300 g/mol. The molecule has 0 spiro atoms. The minimum Gasteiger partial charge on any atom is -0.497 e. The van der Waals surface area contributed by atoms with Gasteiger partial charge in [-0.25, -0.2) is 4.98 Å². The second-order valence-corrected chi connectivity index (χ2v) is 5.45. The molecule has 116 valence electrons. The first kappa shape index (κ1) is 16.0. The standard InChI is InChI=1S/C16H18N2O3S/c1-11-10-22-16(17-11)18(2)15(19)8-5-12-9-13(20-3)6-7-14(12)21-4/h5-10H,1-4H3. The fraction of sp³-hybridized carbons (Fsp3) is 0.250. The summed E-state index contributed by atoms with van der Waals surface area (Å²) in [6, 6.07) is 5.43. The number of aromatic nitrogens is 1. The molecule has 1 amide bonds. The Kier molecular flexibility index (Phi) is 5.16. The lowest BCUT2D eigenvalue weighted by atomic mass is 10.1. The zero-order valence-electron chi connectivity index (χ0n) is 13.0. The zero-order chi connectivity index (χ0) is 16.1. The van der Waals surface area contributed by atoms with Crippen molar-refractivity contribution in [2.75, 3.05) is 26.2 Å². The van der Waals surface area contributed by atoms with E-state index in [1.807, 2.05) is 24.4 Å². The van der Waals surface area contributed by atoms with Gasteiger partial charge < -0.3 is 9.47 Å². The quantitative estimate of drug-likeness (QED) is 0.795. The first-order chi connectivity index (χ1) is 10.5. The molecule has 0 fully saturated rings. The number of carbonyl (C=O) groups excluding carboxylic acids is 1. The summed E-state index contributed by atoms with van der Waals surface area (Å²) in [5.41, 5.74) is 1.68. The molecule has 0 unspecified atom stereocenters. The molecule has 1 aromatic heterocycles. The van der Waals surface area contributed by atoms with Crippen LogP contribution in [0.1, 0.15) is 11.3 Å². The fourth-order valence-corrected chi connectivity index (χ4v) is 2.61. The van der Waals surface area contributed by atoms with E-state index in [0.717, 1.165) is 11.3 Å². The Hall–Kier alpha value is -2.34. The van der Waals surface area contributed by atoms with Crippen molar-refractivity contribution < 1.29 is 14.3 Å². The summed E-state index contributed by atoms with van der Waals surface area (Å²) in [7, 11) is 4.89. The van der Waals surface area contributed by atoms with Gasteiger partial charge in [0, 0.05) is 24.1 Å². The number of nitrogens with zero attached hydrogens (tertiary/aromatic N) is 2. The summed E-state index contributed by atoms with van der Waals surface area (Å²) in [6.45, 7) is 1.90. The third kappa shape index (κ3) is 3.65. The molecule has 0 saturated carbocycles. The highest BCUT2D eigenvalue weighted by atomic mass is 32.1. The van der Waals surface area contributed by atoms with Crippen molar-refractivity contribution in [2.45, 2.75) is 6.92 Å². The summed E-state index contributed by atoms with van der Waals surface area (Å²) in [5, 5.41) is 2.58. The van der Waals surface area contributed by atoms with Crippen LogP contribution < -0.4 is 14.4 Å². The van der Waals surface area contributed by atoms with Gasteiger partial charge in [-0.3, -0.25) is 9.69 Å². The number of thiazole rings is 1. The highest BCUT2D eigenvalue weighted by Gasteiger charge is 2.11. The Morgan fingerprint density at radius 3 is 2.68 bits per heavy atom. The molecule has 0 radical (unpaired) electrons. The van der Waals surface area contributed by atoms with Crippen LogP contribution in [0, 0.1) is 6.92 Å². The minimum atomic E-state index is -0.153. The second-order valence-electron chi connectivity index (χ2n) is 4.61. The number of rotatable bonds is 5. The monoisotopic (exact) mass is 318 g/mol. The summed E-state index contributed by atoms with van der Waals surface area (Å²) in [6.07, 6.45) is 3.20. The van der Waals surface area contributed by atoms with Crippen LogP contribution in [-0.2, 0) is 4.79 Å². The van der Waals surface area contributed by atoms with Gasteiger partial charge in [-0.1, -0.05) is 0 Å². The molecule has 0 N–H and O–H groups in total. The molecule has 0 bridgehead atoms. The minimum absolute atomic E-state index is 0.153.